The maximum absolute atomic E-state index is 11.7. The van der Waals surface area contributed by atoms with E-state index in [1.807, 2.05) is 13.0 Å². The zero-order valence-corrected chi connectivity index (χ0v) is 10.3. The second-order valence-electron chi connectivity index (χ2n) is 3.16. The number of hydrogen-bond acceptors (Lipinski definition) is 4. The molecule has 0 saturated heterocycles. The lowest BCUT2D eigenvalue weighted by Crippen LogP contribution is -2.23. The average molecular weight is 248 g/mol. The summed E-state index contributed by atoms with van der Waals surface area (Å²) in [5.74, 6) is 0. The van der Waals surface area contributed by atoms with Gasteiger partial charge in [-0.2, -0.15) is 0 Å². The fourth-order valence-electron chi connectivity index (χ4n) is 1.09. The molecule has 86 valence electrons. The Morgan fingerprint density at radius 1 is 1.47 bits per heavy atom. The topological polar surface area (TPSA) is 72.2 Å². The summed E-state index contributed by atoms with van der Waals surface area (Å²) in [7, 11) is -3.29. The Kier molecular flexibility index (Phi) is 4.72. The molecule has 0 atom stereocenters. The van der Waals surface area contributed by atoms with Crippen molar-refractivity contribution in [2.45, 2.75) is 24.0 Å². The zero-order chi connectivity index (χ0) is 11.3. The first-order valence-electron chi connectivity index (χ1n) is 4.88. The molecule has 0 fully saturated rings. The largest absolute Gasteiger partial charge is 0.330 e. The molecule has 4 nitrogen and oxygen atoms in total. The Morgan fingerprint density at radius 2 is 2.20 bits per heavy atom. The predicted octanol–water partition coefficient (Wildman–Crippen LogP) is 0.938. The Balaban J connectivity index is 2.76. The van der Waals surface area contributed by atoms with Crippen molar-refractivity contribution in [3.63, 3.8) is 0 Å². The third-order valence-corrected chi connectivity index (χ3v) is 4.93. The van der Waals surface area contributed by atoms with Crippen molar-refractivity contribution in [3.05, 3.63) is 17.0 Å². The lowest BCUT2D eigenvalue weighted by atomic mass is 10.3. The van der Waals surface area contributed by atoms with Crippen molar-refractivity contribution >= 4 is 21.4 Å². The van der Waals surface area contributed by atoms with Gasteiger partial charge in [-0.05, 0) is 31.5 Å². The summed E-state index contributed by atoms with van der Waals surface area (Å²) in [6.07, 6.45) is 1.52. The smallest absolute Gasteiger partial charge is 0.250 e. The molecule has 0 bridgehead atoms. The van der Waals surface area contributed by atoms with Crippen LogP contribution in [0.1, 0.15) is 18.2 Å². The molecule has 1 aromatic rings. The van der Waals surface area contributed by atoms with E-state index in [1.54, 1.807) is 6.07 Å². The third kappa shape index (κ3) is 3.57. The van der Waals surface area contributed by atoms with Crippen LogP contribution in [0.25, 0.3) is 0 Å². The van der Waals surface area contributed by atoms with Crippen LogP contribution in [0.2, 0.25) is 0 Å². The fourth-order valence-corrected chi connectivity index (χ4v) is 3.64. The number of hydrogen-bond donors (Lipinski definition) is 2. The van der Waals surface area contributed by atoms with Gasteiger partial charge >= 0.3 is 0 Å². The van der Waals surface area contributed by atoms with Crippen molar-refractivity contribution in [1.82, 2.24) is 4.72 Å². The molecule has 1 aromatic heterocycles. The van der Waals surface area contributed by atoms with Gasteiger partial charge in [0.2, 0.25) is 10.0 Å². The minimum atomic E-state index is -3.29. The van der Waals surface area contributed by atoms with Gasteiger partial charge in [-0.15, -0.1) is 11.3 Å². The highest BCUT2D eigenvalue weighted by molar-refractivity contribution is 7.91. The Labute approximate surface area is 94.5 Å². The molecule has 1 rings (SSSR count). The minimum absolute atomic E-state index is 0.374. The molecule has 0 radical (unpaired) electrons. The highest BCUT2D eigenvalue weighted by Crippen LogP contribution is 2.21. The summed E-state index contributed by atoms with van der Waals surface area (Å²) < 4.78 is 26.3. The van der Waals surface area contributed by atoms with E-state index in [4.69, 9.17) is 5.73 Å². The second-order valence-corrected chi connectivity index (χ2v) is 6.32. The number of nitrogens with two attached hydrogens (primary N) is 1. The summed E-state index contributed by atoms with van der Waals surface area (Å²) in [5.41, 5.74) is 5.40. The third-order valence-electron chi connectivity index (χ3n) is 1.83. The zero-order valence-electron chi connectivity index (χ0n) is 8.69. The Morgan fingerprint density at radius 3 is 2.80 bits per heavy atom. The van der Waals surface area contributed by atoms with Gasteiger partial charge in [0.25, 0.3) is 0 Å². The number of nitrogens with one attached hydrogen (secondary N) is 1. The van der Waals surface area contributed by atoms with Crippen molar-refractivity contribution in [1.29, 1.82) is 0 Å². The maximum Gasteiger partial charge on any atom is 0.250 e. The molecule has 0 aliphatic heterocycles. The molecule has 0 saturated carbocycles. The first-order chi connectivity index (χ1) is 7.10. The number of thiophene rings is 1. The normalized spacial score (nSPS) is 11.9. The van der Waals surface area contributed by atoms with Crippen molar-refractivity contribution in [2.75, 3.05) is 13.1 Å². The first kappa shape index (κ1) is 12.6. The van der Waals surface area contributed by atoms with Crippen LogP contribution in [0.15, 0.2) is 16.3 Å². The molecule has 0 spiro atoms. The van der Waals surface area contributed by atoms with Gasteiger partial charge in [0.15, 0.2) is 0 Å². The molecule has 0 aliphatic rings. The second kappa shape index (κ2) is 5.60. The molecular formula is C9H16N2O2S2. The highest BCUT2D eigenvalue weighted by Gasteiger charge is 2.15. The number of sulfonamides is 1. The molecule has 0 aliphatic carbocycles. The molecule has 3 N–H and O–H groups in total. The molecule has 0 unspecified atom stereocenters. The summed E-state index contributed by atoms with van der Waals surface area (Å²) in [6, 6.07) is 3.45. The van der Waals surface area contributed by atoms with Gasteiger partial charge in [0.1, 0.15) is 4.21 Å². The molecular weight excluding hydrogens is 232 g/mol. The van der Waals surface area contributed by atoms with E-state index in [0.29, 0.717) is 17.3 Å². The van der Waals surface area contributed by atoms with Crippen LogP contribution in [-0.2, 0) is 16.4 Å². The van der Waals surface area contributed by atoms with E-state index in [1.165, 1.54) is 11.3 Å². The van der Waals surface area contributed by atoms with Crippen molar-refractivity contribution in [2.24, 2.45) is 5.73 Å². The molecule has 6 heteroatoms. The average Bonchev–Trinajstić information content (AvgIpc) is 2.65. The maximum atomic E-state index is 11.7. The van der Waals surface area contributed by atoms with E-state index >= 15 is 0 Å². The van der Waals surface area contributed by atoms with Crippen LogP contribution in [0.5, 0.6) is 0 Å². The van der Waals surface area contributed by atoms with Crippen LogP contribution < -0.4 is 10.5 Å². The summed E-state index contributed by atoms with van der Waals surface area (Å²) in [6.45, 7) is 2.95. The van der Waals surface area contributed by atoms with Crippen LogP contribution in [0.4, 0.5) is 0 Å². The van der Waals surface area contributed by atoms with Gasteiger partial charge in [-0.25, -0.2) is 13.1 Å². The van der Waals surface area contributed by atoms with E-state index < -0.39 is 10.0 Å². The summed E-state index contributed by atoms with van der Waals surface area (Å²) in [5, 5.41) is 0. The molecule has 0 aromatic carbocycles. The van der Waals surface area contributed by atoms with Crippen LogP contribution >= 0.6 is 11.3 Å². The van der Waals surface area contributed by atoms with Crippen molar-refractivity contribution < 1.29 is 8.42 Å². The Bertz CT molecular complexity index is 398. The summed E-state index contributed by atoms with van der Waals surface area (Å²) >= 11 is 1.28. The minimum Gasteiger partial charge on any atom is -0.330 e. The standard InChI is InChI=1S/C9H16N2O2S2/c1-2-7-11-15(12,13)9-4-3-8(14-9)5-6-10/h3-4,11H,2,5-7,10H2,1H3. The van der Waals surface area contributed by atoms with Crippen LogP contribution in [0, 0.1) is 0 Å². The molecule has 0 amide bonds. The SMILES string of the molecule is CCCNS(=O)(=O)c1ccc(CCN)s1. The van der Waals surface area contributed by atoms with Crippen LogP contribution in [0.3, 0.4) is 0 Å². The molecule has 1 heterocycles. The van der Waals surface area contributed by atoms with Gasteiger partial charge < -0.3 is 5.73 Å². The fraction of sp³-hybridized carbons (Fsp3) is 0.556. The van der Waals surface area contributed by atoms with Gasteiger partial charge in [-0.1, -0.05) is 6.92 Å². The highest BCUT2D eigenvalue weighted by atomic mass is 32.2. The van der Waals surface area contributed by atoms with Crippen LogP contribution in [-0.4, -0.2) is 21.5 Å². The molecule has 15 heavy (non-hydrogen) atoms. The van der Waals surface area contributed by atoms with E-state index in [2.05, 4.69) is 4.72 Å². The monoisotopic (exact) mass is 248 g/mol. The predicted molar refractivity (Wildman–Crippen MR) is 62.6 cm³/mol. The summed E-state index contributed by atoms with van der Waals surface area (Å²) in [4.78, 5) is 1.01. The first-order valence-corrected chi connectivity index (χ1v) is 7.18. The lowest BCUT2D eigenvalue weighted by molar-refractivity contribution is 0.583. The van der Waals surface area contributed by atoms with E-state index in [-0.39, 0.29) is 0 Å². The van der Waals surface area contributed by atoms with E-state index in [0.717, 1.165) is 17.7 Å². The number of rotatable bonds is 6. The van der Waals surface area contributed by atoms with Crippen molar-refractivity contribution in [3.8, 4) is 0 Å². The Hall–Kier alpha value is -0.430. The van der Waals surface area contributed by atoms with Gasteiger partial charge in [0, 0.05) is 11.4 Å². The quantitative estimate of drug-likeness (QED) is 0.787. The van der Waals surface area contributed by atoms with E-state index in [9.17, 15) is 8.42 Å². The lowest BCUT2D eigenvalue weighted by Gasteiger charge is -2.01. The van der Waals surface area contributed by atoms with Gasteiger partial charge in [-0.3, -0.25) is 0 Å². The van der Waals surface area contributed by atoms with Gasteiger partial charge in [0.05, 0.1) is 0 Å².